The zero-order valence-corrected chi connectivity index (χ0v) is 8.61. The molecule has 0 aromatic carbocycles. The lowest BCUT2D eigenvalue weighted by Crippen LogP contribution is -2.65. The van der Waals surface area contributed by atoms with Crippen molar-refractivity contribution in [1.82, 2.24) is 10.6 Å². The second kappa shape index (κ2) is 4.73. The lowest BCUT2D eigenvalue weighted by molar-refractivity contribution is -0.303. The van der Waals surface area contributed by atoms with E-state index in [1.165, 1.54) is 0 Å². The Kier molecular flexibility index (Phi) is 3.55. The number of rotatable bonds is 2. The van der Waals surface area contributed by atoms with Crippen molar-refractivity contribution in [2.24, 2.45) is 0 Å². The summed E-state index contributed by atoms with van der Waals surface area (Å²) in [6, 6.07) is 0. The van der Waals surface area contributed by atoms with Gasteiger partial charge in [0, 0.05) is 13.1 Å². The first-order chi connectivity index (χ1) is 7.28. The fraction of sp³-hybridized carbons (Fsp3) is 1.00. The summed E-state index contributed by atoms with van der Waals surface area (Å²) in [5, 5.41) is 24.4. The number of hydrogen-bond acceptors (Lipinski definition) is 6. The summed E-state index contributed by atoms with van der Waals surface area (Å²) in [5.41, 5.74) is 0. The van der Waals surface area contributed by atoms with Crippen molar-refractivity contribution in [2.45, 2.75) is 18.0 Å². The first-order valence-corrected chi connectivity index (χ1v) is 5.27. The molecule has 1 spiro atoms. The van der Waals surface area contributed by atoms with E-state index < -0.39 is 5.79 Å². The van der Waals surface area contributed by atoms with Crippen LogP contribution in [0.1, 0.15) is 0 Å². The van der Waals surface area contributed by atoms with Gasteiger partial charge in [0.05, 0.1) is 38.5 Å². The number of aliphatic hydroxyl groups excluding tert-OH is 2. The Labute approximate surface area is 88.6 Å². The predicted octanol–water partition coefficient (Wildman–Crippen LogP) is -2.36. The smallest absolute Gasteiger partial charge is 0.194 e. The van der Waals surface area contributed by atoms with E-state index in [0.29, 0.717) is 26.2 Å². The Morgan fingerprint density at radius 3 is 1.87 bits per heavy atom. The topological polar surface area (TPSA) is 83.0 Å². The molecule has 88 valence electrons. The Morgan fingerprint density at radius 1 is 1.00 bits per heavy atom. The maximum atomic E-state index is 9.04. The van der Waals surface area contributed by atoms with Crippen molar-refractivity contribution in [3.63, 3.8) is 0 Å². The van der Waals surface area contributed by atoms with Crippen LogP contribution in [0, 0.1) is 0 Å². The van der Waals surface area contributed by atoms with Gasteiger partial charge in [-0.25, -0.2) is 0 Å². The third-order valence-electron chi connectivity index (χ3n) is 2.70. The molecular weight excluding hydrogens is 200 g/mol. The maximum absolute atomic E-state index is 9.04. The highest BCUT2D eigenvalue weighted by molar-refractivity contribution is 4.88. The Bertz CT molecular complexity index is 192. The highest BCUT2D eigenvalue weighted by Gasteiger charge is 2.42. The van der Waals surface area contributed by atoms with Crippen molar-refractivity contribution >= 4 is 0 Å². The second-order valence-electron chi connectivity index (χ2n) is 4.02. The van der Waals surface area contributed by atoms with E-state index >= 15 is 0 Å². The molecule has 0 aromatic rings. The summed E-state index contributed by atoms with van der Waals surface area (Å²) in [6.45, 7) is 2.36. The molecule has 2 aliphatic rings. The quantitative estimate of drug-likeness (QED) is 0.415. The van der Waals surface area contributed by atoms with E-state index in [-0.39, 0.29) is 25.4 Å². The van der Waals surface area contributed by atoms with E-state index in [9.17, 15) is 0 Å². The Hall–Kier alpha value is -0.240. The zero-order chi connectivity index (χ0) is 10.7. The van der Waals surface area contributed by atoms with Crippen LogP contribution in [-0.4, -0.2) is 67.6 Å². The van der Waals surface area contributed by atoms with Crippen molar-refractivity contribution in [3.05, 3.63) is 0 Å². The highest BCUT2D eigenvalue weighted by Crippen LogP contribution is 2.22. The Morgan fingerprint density at radius 2 is 1.47 bits per heavy atom. The standard InChI is InChI=1S/C9H18N2O4/c12-3-7-1-10-5-9(14-7)6-11-2-8(4-13)15-9/h7-8,10-13H,1-6H2/t7-,8-,9?/m0/s1. The molecule has 4 N–H and O–H groups in total. The first kappa shape index (κ1) is 11.3. The molecule has 2 rings (SSSR count). The van der Waals surface area contributed by atoms with Gasteiger partial charge in [-0.1, -0.05) is 0 Å². The normalized spacial score (nSPS) is 35.6. The van der Waals surface area contributed by atoms with Crippen LogP contribution < -0.4 is 10.6 Å². The number of ether oxygens (including phenoxy) is 2. The molecule has 0 radical (unpaired) electrons. The first-order valence-electron chi connectivity index (χ1n) is 5.27. The van der Waals surface area contributed by atoms with Crippen LogP contribution in [0.2, 0.25) is 0 Å². The number of nitrogens with one attached hydrogen (secondary N) is 2. The van der Waals surface area contributed by atoms with Gasteiger partial charge in [-0.3, -0.25) is 0 Å². The van der Waals surface area contributed by atoms with E-state index in [1.807, 2.05) is 0 Å². The van der Waals surface area contributed by atoms with Crippen molar-refractivity contribution in [3.8, 4) is 0 Å². The molecule has 2 saturated heterocycles. The third kappa shape index (κ3) is 2.47. The summed E-state index contributed by atoms with van der Waals surface area (Å²) in [5.74, 6) is -0.739. The summed E-state index contributed by atoms with van der Waals surface area (Å²) < 4.78 is 11.4. The van der Waals surface area contributed by atoms with Crippen LogP contribution in [0.4, 0.5) is 0 Å². The number of morpholine rings is 2. The molecule has 0 unspecified atom stereocenters. The molecule has 0 aromatic heterocycles. The fourth-order valence-electron chi connectivity index (χ4n) is 2.00. The van der Waals surface area contributed by atoms with Crippen LogP contribution >= 0.6 is 0 Å². The van der Waals surface area contributed by atoms with E-state index in [2.05, 4.69) is 10.6 Å². The molecule has 6 nitrogen and oxygen atoms in total. The van der Waals surface area contributed by atoms with Gasteiger partial charge in [0.1, 0.15) is 0 Å². The summed E-state index contributed by atoms with van der Waals surface area (Å²) in [6.07, 6.45) is -0.476. The van der Waals surface area contributed by atoms with Crippen LogP contribution in [0.5, 0.6) is 0 Å². The van der Waals surface area contributed by atoms with Crippen LogP contribution in [0.25, 0.3) is 0 Å². The van der Waals surface area contributed by atoms with Crippen molar-refractivity contribution < 1.29 is 19.7 Å². The maximum Gasteiger partial charge on any atom is 0.194 e. The van der Waals surface area contributed by atoms with E-state index in [0.717, 1.165) is 0 Å². The average molecular weight is 218 g/mol. The van der Waals surface area contributed by atoms with Crippen LogP contribution in [0.3, 0.4) is 0 Å². The third-order valence-corrected chi connectivity index (χ3v) is 2.70. The van der Waals surface area contributed by atoms with Crippen molar-refractivity contribution in [1.29, 1.82) is 0 Å². The van der Waals surface area contributed by atoms with E-state index in [4.69, 9.17) is 19.7 Å². The largest absolute Gasteiger partial charge is 0.394 e. The van der Waals surface area contributed by atoms with Gasteiger partial charge in [-0.15, -0.1) is 0 Å². The molecule has 2 atom stereocenters. The molecule has 2 fully saturated rings. The minimum Gasteiger partial charge on any atom is -0.394 e. The van der Waals surface area contributed by atoms with Crippen molar-refractivity contribution in [2.75, 3.05) is 39.4 Å². The monoisotopic (exact) mass is 218 g/mol. The fourth-order valence-corrected chi connectivity index (χ4v) is 2.00. The minimum absolute atomic E-state index is 0.0259. The van der Waals surface area contributed by atoms with Gasteiger partial charge in [-0.05, 0) is 0 Å². The molecule has 0 amide bonds. The average Bonchev–Trinajstić information content (AvgIpc) is 2.29. The molecule has 0 bridgehead atoms. The summed E-state index contributed by atoms with van der Waals surface area (Å²) in [4.78, 5) is 0. The van der Waals surface area contributed by atoms with Crippen LogP contribution in [-0.2, 0) is 9.47 Å². The molecule has 0 saturated carbocycles. The lowest BCUT2D eigenvalue weighted by Gasteiger charge is -2.45. The van der Waals surface area contributed by atoms with E-state index in [1.54, 1.807) is 0 Å². The van der Waals surface area contributed by atoms with Crippen LogP contribution in [0.15, 0.2) is 0 Å². The summed E-state index contributed by atoms with van der Waals surface area (Å²) in [7, 11) is 0. The summed E-state index contributed by atoms with van der Waals surface area (Å²) >= 11 is 0. The van der Waals surface area contributed by atoms with Gasteiger partial charge in [0.2, 0.25) is 0 Å². The van der Waals surface area contributed by atoms with Gasteiger partial charge >= 0.3 is 0 Å². The molecule has 15 heavy (non-hydrogen) atoms. The number of aliphatic hydroxyl groups is 2. The minimum atomic E-state index is -0.739. The SMILES string of the molecule is OC[C@@H]1CNCC2(CNC[C@@H](CO)O2)O1. The van der Waals surface area contributed by atoms with Gasteiger partial charge < -0.3 is 30.3 Å². The molecule has 2 heterocycles. The van der Waals surface area contributed by atoms with Gasteiger partial charge in [0.25, 0.3) is 0 Å². The molecule has 6 heteroatoms. The lowest BCUT2D eigenvalue weighted by atomic mass is 10.1. The zero-order valence-electron chi connectivity index (χ0n) is 8.61. The molecule has 0 aliphatic carbocycles. The predicted molar refractivity (Wildman–Crippen MR) is 52.4 cm³/mol. The van der Waals surface area contributed by atoms with Gasteiger partial charge in [-0.2, -0.15) is 0 Å². The second-order valence-corrected chi connectivity index (χ2v) is 4.02. The highest BCUT2D eigenvalue weighted by atomic mass is 16.7. The van der Waals surface area contributed by atoms with Gasteiger partial charge in [0.15, 0.2) is 5.79 Å². The number of hydrogen-bond donors (Lipinski definition) is 4. The molecular formula is C9H18N2O4. The molecule has 2 aliphatic heterocycles. The Balaban J connectivity index is 1.98.